The second-order valence-electron chi connectivity index (χ2n) is 24.1. The van der Waals surface area contributed by atoms with Crippen LogP contribution >= 0.6 is 0 Å². The van der Waals surface area contributed by atoms with Crippen LogP contribution in [0.5, 0.6) is 0 Å². The molecule has 0 aliphatic rings. The Bertz CT molecular complexity index is 1440. The van der Waals surface area contributed by atoms with Crippen molar-refractivity contribution in [2.24, 2.45) is 0 Å². The lowest BCUT2D eigenvalue weighted by atomic mass is 10.0. The normalized spacial score (nSPS) is 12.4. The van der Waals surface area contributed by atoms with E-state index in [1.165, 1.54) is 250 Å². The van der Waals surface area contributed by atoms with Crippen molar-refractivity contribution in [2.45, 2.75) is 386 Å². The zero-order chi connectivity index (χ0) is 58.5. The number of carbonyl (C=O) groups is 3. The zero-order valence-corrected chi connectivity index (χ0v) is 54.3. The Kier molecular flexibility index (Phi) is 67.1. The van der Waals surface area contributed by atoms with Gasteiger partial charge in [-0.25, -0.2) is 0 Å². The maximum atomic E-state index is 12.9. The van der Waals surface area contributed by atoms with Gasteiger partial charge in [0.05, 0.1) is 0 Å². The van der Waals surface area contributed by atoms with Gasteiger partial charge < -0.3 is 14.2 Å². The number of ether oxygens (including phenoxy) is 3. The summed E-state index contributed by atoms with van der Waals surface area (Å²) in [4.78, 5) is 38.4. The molecule has 0 saturated carbocycles. The molecule has 6 nitrogen and oxygen atoms in total. The fourth-order valence-corrected chi connectivity index (χ4v) is 10.7. The van der Waals surface area contributed by atoms with Crippen molar-refractivity contribution in [2.75, 3.05) is 13.2 Å². The van der Waals surface area contributed by atoms with E-state index in [-0.39, 0.29) is 31.1 Å². The molecule has 0 spiro atoms. The first-order chi connectivity index (χ1) is 40.0. The van der Waals surface area contributed by atoms with Crippen molar-refractivity contribution in [1.82, 2.24) is 0 Å². The molecule has 0 amide bonds. The van der Waals surface area contributed by atoms with Crippen LogP contribution in [-0.2, 0) is 28.6 Å². The second-order valence-corrected chi connectivity index (χ2v) is 24.1. The third kappa shape index (κ3) is 67.8. The van der Waals surface area contributed by atoms with Gasteiger partial charge in [-0.2, -0.15) is 0 Å². The Morgan fingerprint density at radius 3 is 0.753 bits per heavy atom. The molecule has 0 N–H and O–H groups in total. The summed E-state index contributed by atoms with van der Waals surface area (Å²) in [6.45, 7) is 6.57. The fraction of sp³-hybridized carbons (Fsp3) is 0.827. The van der Waals surface area contributed by atoms with E-state index >= 15 is 0 Å². The van der Waals surface area contributed by atoms with Crippen LogP contribution in [0.2, 0.25) is 0 Å². The number of hydrogen-bond donors (Lipinski definition) is 0. The monoisotopic (exact) mass is 1130 g/mol. The fourth-order valence-electron chi connectivity index (χ4n) is 10.7. The summed E-state index contributed by atoms with van der Waals surface area (Å²) in [6, 6.07) is 0. The quantitative estimate of drug-likeness (QED) is 0.0261. The minimum absolute atomic E-state index is 0.0731. The van der Waals surface area contributed by atoms with Gasteiger partial charge in [0, 0.05) is 19.3 Å². The van der Waals surface area contributed by atoms with Crippen molar-refractivity contribution < 1.29 is 28.6 Å². The van der Waals surface area contributed by atoms with Crippen molar-refractivity contribution in [3.63, 3.8) is 0 Å². The predicted molar refractivity (Wildman–Crippen MR) is 353 cm³/mol. The van der Waals surface area contributed by atoms with Crippen LogP contribution in [0.25, 0.3) is 0 Å². The Morgan fingerprint density at radius 1 is 0.259 bits per heavy atom. The van der Waals surface area contributed by atoms with Crippen LogP contribution < -0.4 is 0 Å². The van der Waals surface area contributed by atoms with Gasteiger partial charge in [0.2, 0.25) is 0 Å². The first kappa shape index (κ1) is 78.1. The molecule has 0 aromatic heterocycles. The van der Waals surface area contributed by atoms with E-state index in [4.69, 9.17) is 14.2 Å². The summed E-state index contributed by atoms with van der Waals surface area (Å²) in [7, 11) is 0. The van der Waals surface area contributed by atoms with Crippen LogP contribution in [-0.4, -0.2) is 37.2 Å². The Morgan fingerprint density at radius 2 is 0.481 bits per heavy atom. The van der Waals surface area contributed by atoms with Gasteiger partial charge in [-0.1, -0.05) is 338 Å². The highest BCUT2D eigenvalue weighted by atomic mass is 16.6. The largest absolute Gasteiger partial charge is 0.462 e. The summed E-state index contributed by atoms with van der Waals surface area (Å²) in [5, 5.41) is 0. The number of hydrogen-bond acceptors (Lipinski definition) is 6. The average molecular weight is 1130 g/mol. The van der Waals surface area contributed by atoms with E-state index in [2.05, 4.69) is 81.5 Å². The molecular weight excluding hydrogens is 997 g/mol. The molecule has 0 aromatic rings. The minimum Gasteiger partial charge on any atom is -0.462 e. The summed E-state index contributed by atoms with van der Waals surface area (Å²) >= 11 is 0. The Hall–Kier alpha value is -2.89. The Labute approximate surface area is 504 Å². The lowest BCUT2D eigenvalue weighted by Crippen LogP contribution is -2.30. The highest BCUT2D eigenvalue weighted by molar-refractivity contribution is 5.71. The highest BCUT2D eigenvalue weighted by Crippen LogP contribution is 2.18. The van der Waals surface area contributed by atoms with Crippen molar-refractivity contribution in [3.05, 3.63) is 60.8 Å². The van der Waals surface area contributed by atoms with Crippen LogP contribution in [0.3, 0.4) is 0 Å². The molecule has 0 aliphatic carbocycles. The number of unbranched alkanes of at least 4 members (excludes halogenated alkanes) is 45. The van der Waals surface area contributed by atoms with Gasteiger partial charge in [-0.3, -0.25) is 14.4 Å². The lowest BCUT2D eigenvalue weighted by molar-refractivity contribution is -0.167. The lowest BCUT2D eigenvalue weighted by Gasteiger charge is -2.18. The molecule has 6 heteroatoms. The van der Waals surface area contributed by atoms with Gasteiger partial charge in [0.1, 0.15) is 13.2 Å². The van der Waals surface area contributed by atoms with Gasteiger partial charge in [0.25, 0.3) is 0 Å². The first-order valence-electron chi connectivity index (χ1n) is 35.8. The van der Waals surface area contributed by atoms with E-state index < -0.39 is 6.10 Å². The predicted octanol–water partition coefficient (Wildman–Crippen LogP) is 24.7. The molecular formula is C75H136O6. The molecule has 0 fully saturated rings. The molecule has 0 heterocycles. The smallest absolute Gasteiger partial charge is 0.306 e. The standard InChI is InChI=1S/C75H136O6/c1-4-7-10-13-16-19-22-25-28-30-31-32-33-34-35-36-37-38-39-40-41-42-43-45-47-50-53-56-59-62-65-68-74(77)80-71-72(70-79-73(76)67-64-61-58-55-52-49-46-27-24-21-18-15-12-9-6-3)81-75(78)69-66-63-60-57-54-51-48-44-29-26-23-20-17-14-11-8-5-2/h8,11,17,20,22,25-26,29-31,72H,4-7,9-10,12-16,18-19,21,23-24,27-28,32-71H2,1-3H3/b11-8-,20-17-,25-22-,29-26-,31-30-. The molecule has 81 heavy (non-hydrogen) atoms. The van der Waals surface area contributed by atoms with Crippen molar-refractivity contribution >= 4 is 17.9 Å². The van der Waals surface area contributed by atoms with E-state index in [1.54, 1.807) is 0 Å². The Balaban J connectivity index is 4.18. The third-order valence-electron chi connectivity index (χ3n) is 16.0. The average Bonchev–Trinajstić information content (AvgIpc) is 3.47. The van der Waals surface area contributed by atoms with Gasteiger partial charge in [0.15, 0.2) is 6.10 Å². The number of esters is 3. The van der Waals surface area contributed by atoms with E-state index in [0.29, 0.717) is 19.3 Å². The molecule has 0 radical (unpaired) electrons. The molecule has 0 aliphatic heterocycles. The minimum atomic E-state index is -0.778. The molecule has 1 atom stereocenters. The summed E-state index contributed by atoms with van der Waals surface area (Å²) in [5.74, 6) is -0.857. The topological polar surface area (TPSA) is 78.9 Å². The third-order valence-corrected chi connectivity index (χ3v) is 16.0. The van der Waals surface area contributed by atoms with Crippen LogP contribution in [0.4, 0.5) is 0 Å². The summed E-state index contributed by atoms with van der Waals surface area (Å²) < 4.78 is 17.0. The van der Waals surface area contributed by atoms with Crippen LogP contribution in [0.1, 0.15) is 380 Å². The van der Waals surface area contributed by atoms with Crippen molar-refractivity contribution in [1.29, 1.82) is 0 Å². The van der Waals surface area contributed by atoms with Gasteiger partial charge >= 0.3 is 17.9 Å². The maximum absolute atomic E-state index is 12.9. The van der Waals surface area contributed by atoms with E-state index in [0.717, 1.165) is 89.9 Å². The maximum Gasteiger partial charge on any atom is 0.306 e. The van der Waals surface area contributed by atoms with Crippen LogP contribution in [0, 0.1) is 0 Å². The number of allylic oxidation sites excluding steroid dienone is 10. The van der Waals surface area contributed by atoms with Gasteiger partial charge in [-0.05, 0) is 83.5 Å². The number of carbonyl (C=O) groups excluding carboxylic acids is 3. The molecule has 0 bridgehead atoms. The summed E-state index contributed by atoms with van der Waals surface area (Å²) in [6.07, 6.45) is 89.7. The van der Waals surface area contributed by atoms with Crippen LogP contribution in [0.15, 0.2) is 60.8 Å². The van der Waals surface area contributed by atoms with E-state index in [9.17, 15) is 14.4 Å². The SMILES string of the molecule is CC/C=C\C/C=C\C/C=C\CCCCCCCCCC(=O)OC(COC(=O)CCCCCCCCCCCCCCCCC)COC(=O)CCCCCCCCCCCCCCCCCCCCC/C=C\C/C=C\CCCCCCC. The molecule has 472 valence electrons. The molecule has 1 unspecified atom stereocenters. The molecule has 0 rings (SSSR count). The second kappa shape index (κ2) is 69.6. The van der Waals surface area contributed by atoms with Gasteiger partial charge in [-0.15, -0.1) is 0 Å². The van der Waals surface area contributed by atoms with E-state index in [1.807, 2.05) is 0 Å². The van der Waals surface area contributed by atoms with Crippen molar-refractivity contribution in [3.8, 4) is 0 Å². The molecule has 0 saturated heterocycles. The highest BCUT2D eigenvalue weighted by Gasteiger charge is 2.19. The first-order valence-corrected chi connectivity index (χ1v) is 35.8. The summed E-state index contributed by atoms with van der Waals surface area (Å²) in [5.41, 5.74) is 0. The zero-order valence-electron chi connectivity index (χ0n) is 54.3. The molecule has 0 aromatic carbocycles. The number of rotatable bonds is 66.